The minimum Gasteiger partial charge on any atom is -0.473 e. The van der Waals surface area contributed by atoms with E-state index in [1.807, 2.05) is 12.1 Å². The molecular weight excluding hydrogens is 148 g/mol. The molecule has 1 heteroatoms. The number of hydrogen-bond acceptors (Lipinski definition) is 1. The predicted octanol–water partition coefficient (Wildman–Crippen LogP) is 2.88. The van der Waals surface area contributed by atoms with Crippen molar-refractivity contribution in [2.45, 2.75) is 6.92 Å². The summed E-state index contributed by atoms with van der Waals surface area (Å²) in [5, 5.41) is 2.91. The average molecular weight is 158 g/mol. The number of rotatable bonds is 0. The molecule has 12 heavy (non-hydrogen) atoms. The molecule has 0 aromatic carbocycles. The Morgan fingerprint density at radius 2 is 1.83 bits per heavy atom. The third-order valence-corrected chi connectivity index (χ3v) is 1.96. The summed E-state index contributed by atoms with van der Waals surface area (Å²) >= 11 is 0. The van der Waals surface area contributed by atoms with E-state index in [0.29, 0.717) is 0 Å². The number of benzene rings is 1. The van der Waals surface area contributed by atoms with Crippen LogP contribution in [-0.4, -0.2) is 0 Å². The van der Waals surface area contributed by atoms with Crippen LogP contribution in [-0.2, 0) is 0 Å². The van der Waals surface area contributed by atoms with Crippen molar-refractivity contribution in [2.24, 2.45) is 0 Å². The topological polar surface area (TPSA) is 13.1 Å². The van der Waals surface area contributed by atoms with E-state index in [1.165, 1.54) is 16.0 Å². The lowest BCUT2D eigenvalue weighted by Crippen LogP contribution is -1.88. The molecule has 0 unspecified atom stereocenters. The molecule has 0 aliphatic heterocycles. The molecule has 1 nitrogen and oxygen atoms in total. The van der Waals surface area contributed by atoms with E-state index in [9.17, 15) is 0 Å². The van der Waals surface area contributed by atoms with Crippen LogP contribution in [0.5, 0.6) is 0 Å². The molecule has 1 heterocycles. The average Bonchev–Trinajstić information content (AvgIpc) is 2.56. The van der Waals surface area contributed by atoms with E-state index >= 15 is 0 Å². The van der Waals surface area contributed by atoms with Gasteiger partial charge in [0.15, 0.2) is 0 Å². The van der Waals surface area contributed by atoms with Gasteiger partial charge in [-0.1, -0.05) is 18.2 Å². The smallest absolute Gasteiger partial charge is 0.0902 e. The van der Waals surface area contributed by atoms with Crippen LogP contribution in [0.1, 0.15) is 5.56 Å². The largest absolute Gasteiger partial charge is 0.473 e. The van der Waals surface area contributed by atoms with Gasteiger partial charge in [0.1, 0.15) is 0 Å². The van der Waals surface area contributed by atoms with E-state index in [1.54, 1.807) is 12.5 Å². The lowest BCUT2D eigenvalue weighted by atomic mass is 10.0. The van der Waals surface area contributed by atoms with Crippen LogP contribution in [0.2, 0.25) is 0 Å². The molecule has 3 rings (SSSR count). The van der Waals surface area contributed by atoms with E-state index in [0.717, 1.165) is 0 Å². The highest BCUT2D eigenvalue weighted by Gasteiger charge is 1.97. The van der Waals surface area contributed by atoms with Gasteiger partial charge in [-0.3, -0.25) is 0 Å². The van der Waals surface area contributed by atoms with Gasteiger partial charge in [0.2, 0.25) is 0 Å². The van der Waals surface area contributed by atoms with Gasteiger partial charge in [-0.15, -0.1) is 0 Å². The van der Waals surface area contributed by atoms with Crippen molar-refractivity contribution in [3.05, 3.63) is 58.9 Å². The second kappa shape index (κ2) is 2.86. The Morgan fingerprint density at radius 1 is 1.08 bits per heavy atom. The molecule has 0 saturated carbocycles. The highest BCUT2D eigenvalue weighted by molar-refractivity contribution is 5.31. The molecule has 0 spiro atoms. The van der Waals surface area contributed by atoms with Gasteiger partial charge >= 0.3 is 0 Å². The van der Waals surface area contributed by atoms with Gasteiger partial charge in [0, 0.05) is 0 Å². The second-order valence-electron chi connectivity index (χ2n) is 2.82. The van der Waals surface area contributed by atoms with Crippen LogP contribution < -0.4 is 0 Å². The second-order valence-corrected chi connectivity index (χ2v) is 2.82. The molecule has 0 amide bonds. The Kier molecular flexibility index (Phi) is 1.71. The van der Waals surface area contributed by atoms with Crippen molar-refractivity contribution < 1.29 is 4.42 Å². The fraction of sp³-hybridized carbons (Fsp3) is 0.0909. The first-order valence-corrected chi connectivity index (χ1v) is 3.96. The van der Waals surface area contributed by atoms with Gasteiger partial charge in [0.25, 0.3) is 0 Å². The summed E-state index contributed by atoms with van der Waals surface area (Å²) in [5.74, 6) is 0. The number of hydrogen-bond donors (Lipinski definition) is 0. The minimum atomic E-state index is 1.44. The SMILES string of the molecule is Cc1cc2ccc1=2.c1ccoc1. The zero-order valence-corrected chi connectivity index (χ0v) is 6.95. The molecule has 0 saturated heterocycles. The Bertz CT molecular complexity index is 423. The lowest BCUT2D eigenvalue weighted by Gasteiger charge is -2.04. The van der Waals surface area contributed by atoms with Gasteiger partial charge in [-0.2, -0.15) is 0 Å². The van der Waals surface area contributed by atoms with Crippen LogP contribution in [0.4, 0.5) is 0 Å². The maximum Gasteiger partial charge on any atom is 0.0902 e. The summed E-state index contributed by atoms with van der Waals surface area (Å²) < 4.78 is 4.58. The first-order valence-electron chi connectivity index (χ1n) is 3.96. The number of furan rings is 1. The summed E-state index contributed by atoms with van der Waals surface area (Å²) in [6.45, 7) is 2.14. The summed E-state index contributed by atoms with van der Waals surface area (Å²) in [6.07, 6.45) is 3.25. The Morgan fingerprint density at radius 3 is 1.92 bits per heavy atom. The maximum atomic E-state index is 4.58. The van der Waals surface area contributed by atoms with Crippen LogP contribution in [0.25, 0.3) is 0 Å². The van der Waals surface area contributed by atoms with E-state index in [2.05, 4.69) is 29.5 Å². The van der Waals surface area contributed by atoms with Crippen molar-refractivity contribution in [3.63, 3.8) is 0 Å². The zero-order chi connectivity index (χ0) is 8.39. The monoisotopic (exact) mass is 158 g/mol. The maximum absolute atomic E-state index is 4.58. The third kappa shape index (κ3) is 1.14. The molecule has 1 aromatic rings. The standard InChI is InChI=1S/C7H6.C4H4O/c1-5-4-6-2-3-7(5)6;1-2-4-5-3-1/h2-4H,1H3;1-4H. The Hall–Kier alpha value is -1.50. The number of aryl methyl sites for hydroxylation is 1. The van der Waals surface area contributed by atoms with Gasteiger partial charge < -0.3 is 4.42 Å². The van der Waals surface area contributed by atoms with Gasteiger partial charge in [-0.05, 0) is 35.1 Å². The summed E-state index contributed by atoms with van der Waals surface area (Å²) in [6, 6.07) is 10.2. The fourth-order valence-electron chi connectivity index (χ4n) is 1.21. The first kappa shape index (κ1) is 7.17. The van der Waals surface area contributed by atoms with Crippen molar-refractivity contribution in [1.29, 1.82) is 0 Å². The van der Waals surface area contributed by atoms with Crippen LogP contribution in [0.3, 0.4) is 0 Å². The summed E-state index contributed by atoms with van der Waals surface area (Å²) in [7, 11) is 0. The molecule has 2 aliphatic rings. The normalized spacial score (nSPS) is 10.1. The highest BCUT2D eigenvalue weighted by atomic mass is 16.3. The lowest BCUT2D eigenvalue weighted by molar-refractivity contribution is 0.567. The minimum absolute atomic E-state index is 1.44. The Labute approximate surface area is 71.0 Å². The molecule has 0 bridgehead atoms. The first-order chi connectivity index (χ1) is 5.88. The van der Waals surface area contributed by atoms with Crippen molar-refractivity contribution in [3.8, 4) is 0 Å². The van der Waals surface area contributed by atoms with Crippen molar-refractivity contribution >= 4 is 0 Å². The van der Waals surface area contributed by atoms with Crippen molar-refractivity contribution in [1.82, 2.24) is 0 Å². The summed E-state index contributed by atoms with van der Waals surface area (Å²) in [5.41, 5.74) is 1.44. The molecule has 0 N–H and O–H groups in total. The van der Waals surface area contributed by atoms with Crippen LogP contribution in [0, 0.1) is 17.4 Å². The summed E-state index contributed by atoms with van der Waals surface area (Å²) in [4.78, 5) is 0. The fourth-order valence-corrected chi connectivity index (χ4v) is 1.21. The van der Waals surface area contributed by atoms with Crippen LogP contribution in [0.15, 0.2) is 47.3 Å². The third-order valence-electron chi connectivity index (χ3n) is 1.96. The molecule has 0 atom stereocenters. The van der Waals surface area contributed by atoms with E-state index in [4.69, 9.17) is 0 Å². The molecule has 0 fully saturated rings. The van der Waals surface area contributed by atoms with E-state index < -0.39 is 0 Å². The Balaban J connectivity index is 0.000000100. The molecule has 0 radical (unpaired) electrons. The zero-order valence-electron chi connectivity index (χ0n) is 6.95. The quantitative estimate of drug-likeness (QED) is 0.490. The van der Waals surface area contributed by atoms with E-state index in [-0.39, 0.29) is 0 Å². The molecule has 60 valence electrons. The molecule has 1 aromatic heterocycles. The molecule has 2 aliphatic carbocycles. The highest BCUT2D eigenvalue weighted by Crippen LogP contribution is 2.12. The molecular formula is C11H10O. The van der Waals surface area contributed by atoms with Gasteiger partial charge in [-0.25, -0.2) is 0 Å². The predicted molar refractivity (Wildman–Crippen MR) is 47.6 cm³/mol. The van der Waals surface area contributed by atoms with Crippen LogP contribution >= 0.6 is 0 Å². The van der Waals surface area contributed by atoms with Crippen molar-refractivity contribution in [2.75, 3.05) is 0 Å². The van der Waals surface area contributed by atoms with Gasteiger partial charge in [0.05, 0.1) is 12.5 Å².